The van der Waals surface area contributed by atoms with Crippen LogP contribution in [0.4, 0.5) is 0 Å². The standard InChI is InChI=1S/C10H13N3O4/c14-9(13-3-1-2-4-13)6-16-10(15)5-8-12-11-7-17-8/h7H,1-6H2. The molecule has 0 aromatic carbocycles. The summed E-state index contributed by atoms with van der Waals surface area (Å²) in [4.78, 5) is 24.6. The van der Waals surface area contributed by atoms with Crippen LogP contribution in [0.15, 0.2) is 10.8 Å². The lowest BCUT2D eigenvalue weighted by Crippen LogP contribution is -2.32. The van der Waals surface area contributed by atoms with Gasteiger partial charge in [-0.15, -0.1) is 10.2 Å². The van der Waals surface area contributed by atoms with Gasteiger partial charge in [0.1, 0.15) is 6.42 Å². The summed E-state index contributed by atoms with van der Waals surface area (Å²) in [6.07, 6.45) is 3.06. The minimum absolute atomic E-state index is 0.104. The van der Waals surface area contributed by atoms with E-state index in [1.165, 1.54) is 0 Å². The van der Waals surface area contributed by atoms with E-state index in [4.69, 9.17) is 9.15 Å². The molecule has 1 aromatic heterocycles. The normalized spacial score (nSPS) is 14.9. The molecule has 1 aliphatic rings. The number of amides is 1. The summed E-state index contributed by atoms with van der Waals surface area (Å²) in [7, 11) is 0. The van der Waals surface area contributed by atoms with Crippen LogP contribution in [0.2, 0.25) is 0 Å². The van der Waals surface area contributed by atoms with Gasteiger partial charge in [0.2, 0.25) is 12.3 Å². The van der Waals surface area contributed by atoms with Crippen LogP contribution in [0.1, 0.15) is 18.7 Å². The quantitative estimate of drug-likeness (QED) is 0.675. The van der Waals surface area contributed by atoms with E-state index in [1.807, 2.05) is 0 Å². The number of rotatable bonds is 4. The predicted molar refractivity (Wildman–Crippen MR) is 54.8 cm³/mol. The van der Waals surface area contributed by atoms with Crippen LogP contribution in [0.5, 0.6) is 0 Å². The van der Waals surface area contributed by atoms with Gasteiger partial charge in [-0.2, -0.15) is 0 Å². The van der Waals surface area contributed by atoms with Gasteiger partial charge in [0.05, 0.1) is 0 Å². The molecule has 0 N–H and O–H groups in total. The molecule has 1 fully saturated rings. The molecule has 7 heteroatoms. The van der Waals surface area contributed by atoms with E-state index in [1.54, 1.807) is 4.90 Å². The molecule has 2 rings (SSSR count). The Labute approximate surface area is 97.7 Å². The van der Waals surface area contributed by atoms with Gasteiger partial charge in [0, 0.05) is 13.1 Å². The van der Waals surface area contributed by atoms with Crippen molar-refractivity contribution in [3.05, 3.63) is 12.3 Å². The third kappa shape index (κ3) is 3.27. The maximum absolute atomic E-state index is 11.5. The van der Waals surface area contributed by atoms with Crippen molar-refractivity contribution >= 4 is 11.9 Å². The Morgan fingerprint density at radius 1 is 1.41 bits per heavy atom. The molecule has 1 aliphatic heterocycles. The topological polar surface area (TPSA) is 85.5 Å². The zero-order valence-corrected chi connectivity index (χ0v) is 9.29. The van der Waals surface area contributed by atoms with Crippen molar-refractivity contribution in [3.8, 4) is 0 Å². The largest absolute Gasteiger partial charge is 0.455 e. The lowest BCUT2D eigenvalue weighted by atomic mass is 10.4. The Kier molecular flexibility index (Phi) is 3.69. The number of hydrogen-bond donors (Lipinski definition) is 0. The van der Waals surface area contributed by atoms with E-state index in [9.17, 15) is 9.59 Å². The van der Waals surface area contributed by atoms with Crippen molar-refractivity contribution in [2.75, 3.05) is 19.7 Å². The van der Waals surface area contributed by atoms with Crippen molar-refractivity contribution < 1.29 is 18.7 Å². The van der Waals surface area contributed by atoms with Gasteiger partial charge >= 0.3 is 5.97 Å². The Morgan fingerprint density at radius 2 is 2.18 bits per heavy atom. The van der Waals surface area contributed by atoms with Crippen molar-refractivity contribution in [2.45, 2.75) is 19.3 Å². The van der Waals surface area contributed by atoms with Gasteiger partial charge in [-0.05, 0) is 12.8 Å². The van der Waals surface area contributed by atoms with Crippen molar-refractivity contribution in [3.63, 3.8) is 0 Å². The monoisotopic (exact) mass is 239 g/mol. The zero-order valence-electron chi connectivity index (χ0n) is 9.29. The molecule has 1 amide bonds. The summed E-state index contributed by atoms with van der Waals surface area (Å²) in [6.45, 7) is 1.28. The number of ether oxygens (including phenoxy) is 1. The minimum Gasteiger partial charge on any atom is -0.455 e. The third-order valence-corrected chi connectivity index (χ3v) is 2.52. The molecule has 0 aliphatic carbocycles. The fourth-order valence-electron chi connectivity index (χ4n) is 1.65. The molecule has 17 heavy (non-hydrogen) atoms. The van der Waals surface area contributed by atoms with Gasteiger partial charge in [0.15, 0.2) is 6.61 Å². The maximum atomic E-state index is 11.5. The molecule has 7 nitrogen and oxygen atoms in total. The Morgan fingerprint density at radius 3 is 2.82 bits per heavy atom. The highest BCUT2D eigenvalue weighted by atomic mass is 16.5. The van der Waals surface area contributed by atoms with Gasteiger partial charge in [0.25, 0.3) is 5.91 Å². The molecule has 0 unspecified atom stereocenters. The number of aromatic nitrogens is 2. The van der Waals surface area contributed by atoms with Crippen LogP contribution in [-0.2, 0) is 20.7 Å². The van der Waals surface area contributed by atoms with E-state index < -0.39 is 5.97 Å². The summed E-state index contributed by atoms with van der Waals surface area (Å²) in [6, 6.07) is 0. The van der Waals surface area contributed by atoms with Crippen LogP contribution in [0, 0.1) is 0 Å². The Bertz CT molecular complexity index is 384. The molecule has 0 spiro atoms. The van der Waals surface area contributed by atoms with E-state index in [0.717, 1.165) is 32.3 Å². The van der Waals surface area contributed by atoms with Gasteiger partial charge in [-0.3, -0.25) is 9.59 Å². The first-order chi connectivity index (χ1) is 8.25. The second-order valence-corrected chi connectivity index (χ2v) is 3.76. The number of hydrogen-bond acceptors (Lipinski definition) is 6. The van der Waals surface area contributed by atoms with Crippen LogP contribution in [-0.4, -0.2) is 46.7 Å². The second kappa shape index (κ2) is 5.42. The second-order valence-electron chi connectivity index (χ2n) is 3.76. The van der Waals surface area contributed by atoms with E-state index >= 15 is 0 Å². The fraction of sp³-hybridized carbons (Fsp3) is 0.600. The first-order valence-electron chi connectivity index (χ1n) is 5.44. The molecule has 92 valence electrons. The van der Waals surface area contributed by atoms with E-state index in [-0.39, 0.29) is 24.8 Å². The lowest BCUT2D eigenvalue weighted by Gasteiger charge is -2.14. The molecule has 1 saturated heterocycles. The number of likely N-dealkylation sites (tertiary alicyclic amines) is 1. The number of carbonyl (C=O) groups is 2. The van der Waals surface area contributed by atoms with Crippen molar-refractivity contribution in [2.24, 2.45) is 0 Å². The van der Waals surface area contributed by atoms with Crippen LogP contribution in [0.3, 0.4) is 0 Å². The maximum Gasteiger partial charge on any atom is 0.315 e. The highest BCUT2D eigenvalue weighted by molar-refractivity contribution is 5.81. The van der Waals surface area contributed by atoms with Gasteiger partial charge in [-0.25, -0.2) is 0 Å². The highest BCUT2D eigenvalue weighted by Crippen LogP contribution is 2.07. The van der Waals surface area contributed by atoms with Gasteiger partial charge in [-0.1, -0.05) is 0 Å². The Balaban J connectivity index is 1.70. The summed E-state index contributed by atoms with van der Waals surface area (Å²) in [5, 5.41) is 6.98. The molecule has 2 heterocycles. The summed E-state index contributed by atoms with van der Waals surface area (Å²) in [5.41, 5.74) is 0. The van der Waals surface area contributed by atoms with Crippen LogP contribution < -0.4 is 0 Å². The average Bonchev–Trinajstić information content (AvgIpc) is 2.97. The van der Waals surface area contributed by atoms with Crippen LogP contribution >= 0.6 is 0 Å². The molecule has 0 atom stereocenters. The van der Waals surface area contributed by atoms with E-state index in [2.05, 4.69) is 10.2 Å². The first kappa shape index (κ1) is 11.6. The molecular weight excluding hydrogens is 226 g/mol. The highest BCUT2D eigenvalue weighted by Gasteiger charge is 2.19. The predicted octanol–water partition coefficient (Wildman–Crippen LogP) is -0.222. The van der Waals surface area contributed by atoms with Crippen molar-refractivity contribution in [1.29, 1.82) is 0 Å². The molecule has 0 saturated carbocycles. The van der Waals surface area contributed by atoms with Gasteiger partial charge < -0.3 is 14.1 Å². The number of esters is 1. The van der Waals surface area contributed by atoms with E-state index in [0.29, 0.717) is 0 Å². The lowest BCUT2D eigenvalue weighted by molar-refractivity contribution is -0.151. The molecule has 1 aromatic rings. The first-order valence-corrected chi connectivity index (χ1v) is 5.44. The Hall–Kier alpha value is -1.92. The summed E-state index contributed by atoms with van der Waals surface area (Å²) in [5.74, 6) is -0.508. The molecule has 0 radical (unpaired) electrons. The SMILES string of the molecule is O=C(Cc1nnco1)OCC(=O)N1CCCC1. The number of carbonyl (C=O) groups excluding carboxylic acids is 2. The summed E-state index contributed by atoms with van der Waals surface area (Å²) < 4.78 is 9.62. The molecular formula is C10H13N3O4. The third-order valence-electron chi connectivity index (χ3n) is 2.52. The molecule has 0 bridgehead atoms. The number of nitrogens with zero attached hydrogens (tertiary/aromatic N) is 3. The zero-order chi connectivity index (χ0) is 12.1. The fourth-order valence-corrected chi connectivity index (χ4v) is 1.65. The summed E-state index contributed by atoms with van der Waals surface area (Å²) >= 11 is 0. The van der Waals surface area contributed by atoms with Crippen LogP contribution in [0.25, 0.3) is 0 Å². The smallest absolute Gasteiger partial charge is 0.315 e. The minimum atomic E-state index is -0.540. The van der Waals surface area contributed by atoms with Crippen molar-refractivity contribution in [1.82, 2.24) is 15.1 Å². The average molecular weight is 239 g/mol.